The maximum Gasteiger partial charge on any atom is 0.170 e. The molecule has 0 nitrogen and oxygen atoms in total. The van der Waals surface area contributed by atoms with Gasteiger partial charge in [-0.1, -0.05) is 75.4 Å². The van der Waals surface area contributed by atoms with Gasteiger partial charge in [-0.2, -0.15) is 0 Å². The van der Waals surface area contributed by atoms with Crippen LogP contribution in [0.3, 0.4) is 0 Å². The maximum atomic E-state index is 2.34. The quantitative estimate of drug-likeness (QED) is 0.655. The van der Waals surface area contributed by atoms with E-state index < -0.39 is 0 Å². The molecule has 0 N–H and O–H groups in total. The van der Waals surface area contributed by atoms with Crippen LogP contribution < -0.4 is 5.46 Å². The molecule has 90 valence electrons. The molecule has 2 aromatic carbocycles. The highest BCUT2D eigenvalue weighted by molar-refractivity contribution is 6.72. The molecule has 2 aromatic rings. The summed E-state index contributed by atoms with van der Waals surface area (Å²) in [5, 5.41) is 0. The topological polar surface area (TPSA) is 0 Å². The van der Waals surface area contributed by atoms with Gasteiger partial charge in [-0.05, 0) is 22.3 Å². The number of rotatable bonds is 1. The predicted molar refractivity (Wildman–Crippen MR) is 81.1 cm³/mol. The first-order valence-corrected chi connectivity index (χ1v) is 6.76. The van der Waals surface area contributed by atoms with Crippen LogP contribution in [0.25, 0.3) is 11.1 Å². The minimum atomic E-state index is 0.136. The fraction of sp³-hybridized carbons (Fsp3) is 0.294. The Bertz CT molecular complexity index is 609. The zero-order valence-electron chi connectivity index (χ0n) is 11.6. The summed E-state index contributed by atoms with van der Waals surface area (Å²) < 4.78 is 0. The van der Waals surface area contributed by atoms with Crippen LogP contribution in [-0.2, 0) is 5.41 Å². The number of benzene rings is 2. The van der Waals surface area contributed by atoms with E-state index in [1.807, 2.05) is 0 Å². The van der Waals surface area contributed by atoms with Crippen molar-refractivity contribution in [3.63, 3.8) is 0 Å². The summed E-state index contributed by atoms with van der Waals surface area (Å²) >= 11 is 0. The van der Waals surface area contributed by atoms with Gasteiger partial charge in [0.05, 0.1) is 0 Å². The van der Waals surface area contributed by atoms with Crippen LogP contribution in [-0.4, -0.2) is 6.71 Å². The second-order valence-corrected chi connectivity index (χ2v) is 6.10. The van der Waals surface area contributed by atoms with E-state index in [1.54, 1.807) is 0 Å². The van der Waals surface area contributed by atoms with Crippen LogP contribution in [0.15, 0.2) is 42.5 Å². The van der Waals surface area contributed by atoms with Gasteiger partial charge in [0.15, 0.2) is 6.71 Å². The Labute approximate surface area is 110 Å². The third-order valence-electron chi connectivity index (χ3n) is 4.26. The molecule has 0 unspecified atom stereocenters. The minimum absolute atomic E-state index is 0.136. The predicted octanol–water partition coefficient (Wildman–Crippen LogP) is 3.95. The average Bonchev–Trinajstić information content (AvgIpc) is 2.59. The van der Waals surface area contributed by atoms with Crippen molar-refractivity contribution in [2.75, 3.05) is 0 Å². The molecule has 3 rings (SSSR count). The lowest BCUT2D eigenvalue weighted by Crippen LogP contribution is -2.26. The van der Waals surface area contributed by atoms with E-state index in [0.717, 1.165) is 0 Å². The summed E-state index contributed by atoms with van der Waals surface area (Å²) in [7, 11) is 0. The van der Waals surface area contributed by atoms with E-state index in [1.165, 1.54) is 27.7 Å². The van der Waals surface area contributed by atoms with E-state index in [2.05, 4.69) is 70.0 Å². The summed E-state index contributed by atoms with van der Waals surface area (Å²) in [6, 6.07) is 15.6. The third-order valence-corrected chi connectivity index (χ3v) is 4.26. The van der Waals surface area contributed by atoms with E-state index in [0.29, 0.717) is 6.71 Å². The van der Waals surface area contributed by atoms with Crippen molar-refractivity contribution in [2.24, 2.45) is 0 Å². The Morgan fingerprint density at radius 3 is 2.22 bits per heavy atom. The second kappa shape index (κ2) is 3.75. The smallest absolute Gasteiger partial charge is 0.0819 e. The lowest BCUT2D eigenvalue weighted by Gasteiger charge is -2.21. The number of hydrogen-bond acceptors (Lipinski definition) is 0. The SMILES string of the molecule is CB(C)c1cccc2c1-c1ccccc1C2(C)C. The summed E-state index contributed by atoms with van der Waals surface area (Å²) in [5.41, 5.74) is 7.47. The molecule has 0 amide bonds. The first kappa shape index (κ1) is 11.6. The van der Waals surface area contributed by atoms with Gasteiger partial charge in [0, 0.05) is 5.41 Å². The van der Waals surface area contributed by atoms with Gasteiger partial charge in [0.1, 0.15) is 0 Å². The largest absolute Gasteiger partial charge is 0.170 e. The van der Waals surface area contributed by atoms with E-state index >= 15 is 0 Å². The molecule has 0 spiro atoms. The van der Waals surface area contributed by atoms with Crippen molar-refractivity contribution in [3.8, 4) is 11.1 Å². The number of fused-ring (bicyclic) bond motifs is 3. The van der Waals surface area contributed by atoms with Crippen LogP contribution >= 0.6 is 0 Å². The van der Waals surface area contributed by atoms with Crippen molar-refractivity contribution in [3.05, 3.63) is 53.6 Å². The van der Waals surface area contributed by atoms with Crippen molar-refractivity contribution in [1.82, 2.24) is 0 Å². The Morgan fingerprint density at radius 1 is 0.833 bits per heavy atom. The Hall–Kier alpha value is -1.50. The molecule has 0 fully saturated rings. The van der Waals surface area contributed by atoms with Gasteiger partial charge in [-0.25, -0.2) is 0 Å². The molecular weight excluding hydrogens is 215 g/mol. The van der Waals surface area contributed by atoms with Gasteiger partial charge in [-0.15, -0.1) is 0 Å². The number of hydrogen-bond donors (Lipinski definition) is 0. The van der Waals surface area contributed by atoms with Crippen molar-refractivity contribution in [1.29, 1.82) is 0 Å². The van der Waals surface area contributed by atoms with Gasteiger partial charge in [0.2, 0.25) is 0 Å². The molecule has 0 saturated carbocycles. The molecule has 0 heterocycles. The molecule has 1 aliphatic carbocycles. The highest BCUT2D eigenvalue weighted by atomic mass is 14.4. The molecule has 0 bridgehead atoms. The maximum absolute atomic E-state index is 2.34. The zero-order chi connectivity index (χ0) is 12.9. The molecule has 0 atom stereocenters. The van der Waals surface area contributed by atoms with E-state index in [4.69, 9.17) is 0 Å². The van der Waals surface area contributed by atoms with E-state index in [-0.39, 0.29) is 5.41 Å². The van der Waals surface area contributed by atoms with Crippen LogP contribution in [0.2, 0.25) is 13.6 Å². The van der Waals surface area contributed by atoms with Crippen LogP contribution in [0.1, 0.15) is 25.0 Å². The first-order chi connectivity index (χ1) is 8.53. The highest BCUT2D eigenvalue weighted by Crippen LogP contribution is 2.47. The first-order valence-electron chi connectivity index (χ1n) is 6.76. The Balaban J connectivity index is 2.40. The second-order valence-electron chi connectivity index (χ2n) is 6.10. The normalized spacial score (nSPS) is 15.1. The standard InChI is InChI=1S/C17H19B/c1-17(2)13-9-6-5-8-12(13)16-14(17)10-7-11-15(16)18(3)4/h5-11H,1-4H3. The fourth-order valence-corrected chi connectivity index (χ4v) is 3.26. The van der Waals surface area contributed by atoms with Gasteiger partial charge in [-0.3, -0.25) is 0 Å². The highest BCUT2D eigenvalue weighted by Gasteiger charge is 2.36. The lowest BCUT2D eigenvalue weighted by atomic mass is 9.48. The molecule has 1 aliphatic rings. The summed E-state index contributed by atoms with van der Waals surface area (Å²) in [6.45, 7) is 9.80. The summed E-state index contributed by atoms with van der Waals surface area (Å²) in [4.78, 5) is 0. The fourth-order valence-electron chi connectivity index (χ4n) is 3.26. The average molecular weight is 234 g/mol. The third kappa shape index (κ3) is 1.40. The summed E-state index contributed by atoms with van der Waals surface area (Å²) in [5.74, 6) is 0. The minimum Gasteiger partial charge on any atom is -0.0819 e. The van der Waals surface area contributed by atoms with Crippen LogP contribution in [0.5, 0.6) is 0 Å². The Morgan fingerprint density at radius 2 is 1.50 bits per heavy atom. The monoisotopic (exact) mass is 234 g/mol. The van der Waals surface area contributed by atoms with Gasteiger partial charge >= 0.3 is 0 Å². The lowest BCUT2D eigenvalue weighted by molar-refractivity contribution is 0.660. The van der Waals surface area contributed by atoms with Crippen molar-refractivity contribution in [2.45, 2.75) is 32.9 Å². The molecule has 0 saturated heterocycles. The van der Waals surface area contributed by atoms with Crippen LogP contribution in [0.4, 0.5) is 0 Å². The molecular formula is C17H19B. The molecule has 0 radical (unpaired) electrons. The molecule has 18 heavy (non-hydrogen) atoms. The van der Waals surface area contributed by atoms with Gasteiger partial charge in [0.25, 0.3) is 0 Å². The van der Waals surface area contributed by atoms with E-state index in [9.17, 15) is 0 Å². The van der Waals surface area contributed by atoms with Crippen LogP contribution in [0, 0.1) is 0 Å². The molecule has 1 heteroatoms. The molecule has 0 aliphatic heterocycles. The van der Waals surface area contributed by atoms with Crippen molar-refractivity contribution >= 4 is 12.2 Å². The van der Waals surface area contributed by atoms with Crippen molar-refractivity contribution < 1.29 is 0 Å². The summed E-state index contributed by atoms with van der Waals surface area (Å²) in [6.07, 6.45) is 0. The molecule has 0 aromatic heterocycles. The Kier molecular flexibility index (Phi) is 2.41. The van der Waals surface area contributed by atoms with Gasteiger partial charge < -0.3 is 0 Å². The zero-order valence-corrected chi connectivity index (χ0v) is 11.6.